The van der Waals surface area contributed by atoms with Crippen LogP contribution in [0, 0.1) is 0 Å². The molecule has 1 atom stereocenters. The number of carbonyl (C=O) groups excluding carboxylic acids is 1. The van der Waals surface area contributed by atoms with Crippen molar-refractivity contribution in [1.29, 1.82) is 0 Å². The van der Waals surface area contributed by atoms with E-state index in [0.29, 0.717) is 17.3 Å². The fourth-order valence-electron chi connectivity index (χ4n) is 2.63. The number of urea groups is 1. The molecule has 1 aliphatic rings. The number of carboxylic acid groups (broad SMARTS) is 1. The van der Waals surface area contributed by atoms with E-state index in [4.69, 9.17) is 16.7 Å². The summed E-state index contributed by atoms with van der Waals surface area (Å²) in [5.74, 6) is -0.127. The fourth-order valence-corrected chi connectivity index (χ4v) is 2.75. The molecule has 3 rings (SSSR count). The van der Waals surface area contributed by atoms with E-state index in [2.05, 4.69) is 10.5 Å². The third-order valence-electron chi connectivity index (χ3n) is 3.77. The van der Waals surface area contributed by atoms with Crippen LogP contribution >= 0.6 is 11.6 Å². The van der Waals surface area contributed by atoms with Gasteiger partial charge in [0.1, 0.15) is 0 Å². The number of amides is 3. The number of nitrogens with zero attached hydrogens (tertiary/aromatic N) is 2. The molecule has 7 nitrogen and oxygen atoms in total. The van der Waals surface area contributed by atoms with Gasteiger partial charge in [-0.15, -0.1) is 0 Å². The predicted molar refractivity (Wildman–Crippen MR) is 93.6 cm³/mol. The van der Waals surface area contributed by atoms with Crippen LogP contribution in [0.4, 0.5) is 9.59 Å². The number of carbonyl (C=O) groups is 2. The normalized spacial score (nSPS) is 16.3. The van der Waals surface area contributed by atoms with Crippen LogP contribution in [-0.2, 0) is 0 Å². The van der Waals surface area contributed by atoms with Crippen molar-refractivity contribution in [1.82, 2.24) is 15.9 Å². The summed E-state index contributed by atoms with van der Waals surface area (Å²) in [6, 6.07) is 16.2. The first-order valence-electron chi connectivity index (χ1n) is 7.50. The number of benzene rings is 2. The molecule has 0 radical (unpaired) electrons. The lowest BCUT2D eigenvalue weighted by Crippen LogP contribution is -2.46. The van der Waals surface area contributed by atoms with Gasteiger partial charge in [0.05, 0.1) is 12.3 Å². The molecule has 0 saturated carbocycles. The number of hydrazone groups is 1. The highest BCUT2D eigenvalue weighted by Gasteiger charge is 2.32. The molecule has 25 heavy (non-hydrogen) atoms. The Morgan fingerprint density at radius 2 is 1.76 bits per heavy atom. The van der Waals surface area contributed by atoms with Crippen molar-refractivity contribution >= 4 is 29.4 Å². The summed E-state index contributed by atoms with van der Waals surface area (Å²) in [6.45, 7) is 0.301. The number of hydrogen-bond acceptors (Lipinski definition) is 3. The molecule has 2 aromatic carbocycles. The maximum atomic E-state index is 12.1. The zero-order valence-electron chi connectivity index (χ0n) is 13.0. The summed E-state index contributed by atoms with van der Waals surface area (Å²) >= 11 is 5.94. The van der Waals surface area contributed by atoms with Gasteiger partial charge in [-0.2, -0.15) is 5.10 Å². The largest absolute Gasteiger partial charge is 0.464 e. The van der Waals surface area contributed by atoms with Gasteiger partial charge in [0.15, 0.2) is 0 Å². The molecule has 0 bridgehead atoms. The number of halogens is 1. The Morgan fingerprint density at radius 3 is 2.40 bits per heavy atom. The molecule has 1 heterocycles. The van der Waals surface area contributed by atoms with Gasteiger partial charge in [0.25, 0.3) is 0 Å². The van der Waals surface area contributed by atoms with E-state index >= 15 is 0 Å². The van der Waals surface area contributed by atoms with E-state index in [1.807, 2.05) is 47.9 Å². The summed E-state index contributed by atoms with van der Waals surface area (Å²) in [7, 11) is 0. The van der Waals surface area contributed by atoms with E-state index in [1.165, 1.54) is 5.01 Å². The molecule has 0 spiro atoms. The third-order valence-corrected chi connectivity index (χ3v) is 4.02. The van der Waals surface area contributed by atoms with Gasteiger partial charge in [-0.05, 0) is 23.3 Å². The number of nitrogens with one attached hydrogen (secondary N) is 2. The molecule has 128 valence electrons. The zero-order chi connectivity index (χ0) is 17.8. The molecule has 2 aromatic rings. The highest BCUT2D eigenvalue weighted by molar-refractivity contribution is 6.30. The van der Waals surface area contributed by atoms with Crippen LogP contribution in [0.25, 0.3) is 0 Å². The molecular formula is C17H15ClN4O3. The van der Waals surface area contributed by atoms with Gasteiger partial charge in [0.2, 0.25) is 0 Å². The van der Waals surface area contributed by atoms with Crippen molar-refractivity contribution in [2.45, 2.75) is 5.92 Å². The third kappa shape index (κ3) is 3.89. The van der Waals surface area contributed by atoms with E-state index in [0.717, 1.165) is 11.1 Å². The molecule has 1 aliphatic heterocycles. The zero-order valence-corrected chi connectivity index (χ0v) is 13.8. The molecule has 3 N–H and O–H groups in total. The first kappa shape index (κ1) is 16.8. The van der Waals surface area contributed by atoms with Gasteiger partial charge >= 0.3 is 12.1 Å². The lowest BCUT2D eigenvalue weighted by Gasteiger charge is -2.15. The summed E-state index contributed by atoms with van der Waals surface area (Å²) < 4.78 is 0. The van der Waals surface area contributed by atoms with E-state index in [9.17, 15) is 9.59 Å². The smallest absolute Gasteiger partial charge is 0.423 e. The van der Waals surface area contributed by atoms with Crippen LogP contribution in [-0.4, -0.2) is 34.5 Å². The predicted octanol–water partition coefficient (Wildman–Crippen LogP) is 3.04. The Hall–Kier alpha value is -3.06. The molecule has 3 amide bonds. The van der Waals surface area contributed by atoms with E-state index in [1.54, 1.807) is 12.1 Å². The van der Waals surface area contributed by atoms with Crippen LogP contribution in [0.2, 0.25) is 5.02 Å². The Balaban J connectivity index is 1.90. The van der Waals surface area contributed by atoms with Crippen molar-refractivity contribution in [2.75, 3.05) is 6.54 Å². The summed E-state index contributed by atoms with van der Waals surface area (Å²) in [5.41, 5.74) is 6.49. The lowest BCUT2D eigenvalue weighted by atomic mass is 9.91. The second-order valence-electron chi connectivity index (χ2n) is 5.40. The second kappa shape index (κ2) is 7.23. The van der Waals surface area contributed by atoms with Crippen LogP contribution < -0.4 is 10.9 Å². The van der Waals surface area contributed by atoms with Crippen LogP contribution in [0.15, 0.2) is 59.7 Å². The van der Waals surface area contributed by atoms with Crippen molar-refractivity contribution in [3.05, 3.63) is 70.7 Å². The fraction of sp³-hybridized carbons (Fsp3) is 0.118. The molecule has 8 heteroatoms. The average molecular weight is 359 g/mol. The van der Waals surface area contributed by atoms with Crippen molar-refractivity contribution in [3.8, 4) is 0 Å². The Labute approximate surface area is 148 Å². The standard InChI is InChI=1S/C17H15ClN4O3/c18-13-8-6-12(7-9-13)15-14(11-4-2-1-3-5-11)10-22(21-15)16(23)19-20-17(24)25/h1-9,14,20H,10H2,(H,19,23)(H,24,25). The quantitative estimate of drug-likeness (QED) is 0.720. The number of hydrogen-bond donors (Lipinski definition) is 3. The summed E-state index contributed by atoms with van der Waals surface area (Å²) in [6.07, 6.45) is -1.35. The van der Waals surface area contributed by atoms with Gasteiger partial charge in [0, 0.05) is 10.9 Å². The SMILES string of the molecule is O=C(O)NNC(=O)N1CC(c2ccccc2)C(c2ccc(Cl)cc2)=N1. The van der Waals surface area contributed by atoms with Gasteiger partial charge < -0.3 is 5.11 Å². The first-order chi connectivity index (χ1) is 12.0. The average Bonchev–Trinajstić information content (AvgIpc) is 3.06. The maximum Gasteiger partial charge on any atom is 0.423 e. The molecule has 0 fully saturated rings. The first-order valence-corrected chi connectivity index (χ1v) is 7.88. The van der Waals surface area contributed by atoms with Crippen molar-refractivity contribution in [3.63, 3.8) is 0 Å². The molecule has 0 aliphatic carbocycles. The van der Waals surface area contributed by atoms with Gasteiger partial charge in [-0.1, -0.05) is 54.1 Å². The second-order valence-corrected chi connectivity index (χ2v) is 5.83. The van der Waals surface area contributed by atoms with Crippen LogP contribution in [0.1, 0.15) is 17.0 Å². The van der Waals surface area contributed by atoms with Crippen LogP contribution in [0.3, 0.4) is 0 Å². The molecule has 0 saturated heterocycles. The number of hydrazine groups is 1. The molecule has 1 unspecified atom stereocenters. The minimum Gasteiger partial charge on any atom is -0.464 e. The monoisotopic (exact) mass is 358 g/mol. The Kier molecular flexibility index (Phi) is 4.85. The van der Waals surface area contributed by atoms with E-state index in [-0.39, 0.29) is 5.92 Å². The Bertz CT molecular complexity index is 808. The highest BCUT2D eigenvalue weighted by Crippen LogP contribution is 2.29. The minimum absolute atomic E-state index is 0.127. The minimum atomic E-state index is -1.35. The van der Waals surface area contributed by atoms with E-state index < -0.39 is 12.1 Å². The van der Waals surface area contributed by atoms with Crippen molar-refractivity contribution in [2.24, 2.45) is 5.10 Å². The highest BCUT2D eigenvalue weighted by atomic mass is 35.5. The molecular weight excluding hydrogens is 344 g/mol. The topological polar surface area (TPSA) is 94.0 Å². The Morgan fingerprint density at radius 1 is 1.08 bits per heavy atom. The van der Waals surface area contributed by atoms with Crippen molar-refractivity contribution < 1.29 is 14.7 Å². The van der Waals surface area contributed by atoms with Crippen LogP contribution in [0.5, 0.6) is 0 Å². The number of rotatable bonds is 2. The summed E-state index contributed by atoms with van der Waals surface area (Å²) in [5, 5.41) is 14.8. The maximum absolute atomic E-state index is 12.1. The summed E-state index contributed by atoms with van der Waals surface area (Å²) in [4.78, 5) is 22.6. The van der Waals surface area contributed by atoms with Gasteiger partial charge in [-0.25, -0.2) is 25.4 Å². The van der Waals surface area contributed by atoms with Gasteiger partial charge in [-0.3, -0.25) is 0 Å². The lowest BCUT2D eigenvalue weighted by molar-refractivity contribution is 0.177. The molecule has 0 aromatic heterocycles.